The Morgan fingerprint density at radius 1 is 0.921 bits per heavy atom. The van der Waals surface area contributed by atoms with Crippen LogP contribution in [0.4, 0.5) is 8.78 Å². The molecule has 2 aliphatic heterocycles. The fourth-order valence-electron chi connectivity index (χ4n) is 3.99. The molecule has 0 amide bonds. The predicted molar refractivity (Wildman–Crippen MR) is 140 cm³/mol. The molecule has 1 unspecified atom stereocenters. The Balaban J connectivity index is 0. The zero-order valence-corrected chi connectivity index (χ0v) is 24.5. The third-order valence-corrected chi connectivity index (χ3v) is 5.69. The van der Waals surface area contributed by atoms with E-state index in [4.69, 9.17) is 14.6 Å². The smallest absolute Gasteiger partial charge is 1.00 e. The van der Waals surface area contributed by atoms with E-state index in [-0.39, 0.29) is 75.1 Å². The van der Waals surface area contributed by atoms with E-state index in [0.717, 1.165) is 43.2 Å². The van der Waals surface area contributed by atoms with Gasteiger partial charge >= 0.3 is 41.5 Å². The van der Waals surface area contributed by atoms with Gasteiger partial charge in [0, 0.05) is 27.3 Å². The van der Waals surface area contributed by atoms with Gasteiger partial charge in [-0.1, -0.05) is 24.3 Å². The van der Waals surface area contributed by atoms with Crippen molar-refractivity contribution in [3.8, 4) is 0 Å². The molecule has 2 aromatic carbocycles. The minimum Gasteiger partial charge on any atom is -1.00 e. The van der Waals surface area contributed by atoms with Gasteiger partial charge in [-0.25, -0.2) is 13.6 Å². The van der Waals surface area contributed by atoms with Crippen LogP contribution in [0.2, 0.25) is 0 Å². The Hall–Kier alpha value is -2.11. The van der Waals surface area contributed by atoms with Crippen molar-refractivity contribution in [3.63, 3.8) is 0 Å². The summed E-state index contributed by atoms with van der Waals surface area (Å²) in [7, 11) is 1.00. The molecular weight excluding hydrogens is 504 g/mol. The number of hydrogen-bond acceptors (Lipinski definition) is 7. The fraction of sp³-hybridized carbons (Fsp3) is 0.444. The molecule has 0 aromatic heterocycles. The molecule has 0 bridgehead atoms. The molecule has 0 aliphatic carbocycles. The van der Waals surface area contributed by atoms with E-state index in [9.17, 15) is 18.4 Å². The normalized spacial score (nSPS) is 19.2. The van der Waals surface area contributed by atoms with Gasteiger partial charge in [0.25, 0.3) is 0 Å². The Morgan fingerprint density at radius 3 is 2.00 bits per heavy atom. The van der Waals surface area contributed by atoms with Gasteiger partial charge in [0.05, 0.1) is 13.2 Å². The summed E-state index contributed by atoms with van der Waals surface area (Å²) in [5.74, 6) is -0.982. The van der Waals surface area contributed by atoms with Crippen LogP contribution in [0, 0.1) is 11.6 Å². The van der Waals surface area contributed by atoms with E-state index < -0.39 is 6.04 Å². The van der Waals surface area contributed by atoms with E-state index in [1.807, 2.05) is 0 Å². The van der Waals surface area contributed by atoms with Gasteiger partial charge in [-0.15, -0.1) is 0 Å². The molecule has 2 heterocycles. The SMILES string of the molecule is CCOC(=O)[C@H]1CCC(c2ccc(F)cc2)=N1.CCOC(=O)[C@H]1CCC(c2ccc(F)cc2)N1.CO.[B].[H-].[Na+]. The number of nitrogens with one attached hydrogen (secondary N) is 1. The monoisotopic (exact) mass is 539 g/mol. The topological polar surface area (TPSA) is 97.2 Å². The fourth-order valence-corrected chi connectivity index (χ4v) is 3.99. The maximum Gasteiger partial charge on any atom is 1.00 e. The van der Waals surface area contributed by atoms with Gasteiger partial charge < -0.3 is 16.0 Å². The molecule has 4 rings (SSSR count). The number of halogens is 2. The Bertz CT molecular complexity index is 1020. The minimum atomic E-state index is -0.394. The van der Waals surface area contributed by atoms with Crippen molar-refractivity contribution in [1.29, 1.82) is 0 Å². The number of nitrogens with zero attached hydrogens (tertiary/aromatic N) is 1. The van der Waals surface area contributed by atoms with E-state index in [0.29, 0.717) is 19.6 Å². The van der Waals surface area contributed by atoms with Gasteiger partial charge in [0.15, 0.2) is 0 Å². The van der Waals surface area contributed by atoms with E-state index in [1.54, 1.807) is 38.1 Å². The summed E-state index contributed by atoms with van der Waals surface area (Å²) >= 11 is 0. The van der Waals surface area contributed by atoms with Crippen LogP contribution in [0.1, 0.15) is 58.1 Å². The zero-order valence-electron chi connectivity index (χ0n) is 23.5. The van der Waals surface area contributed by atoms with Gasteiger partial charge in [-0.3, -0.25) is 15.1 Å². The molecule has 2 aromatic rings. The van der Waals surface area contributed by atoms with Crippen molar-refractivity contribution in [1.82, 2.24) is 5.32 Å². The molecule has 0 spiro atoms. The van der Waals surface area contributed by atoms with E-state index in [1.165, 1.54) is 24.3 Å². The second-order valence-corrected chi connectivity index (χ2v) is 8.04. The van der Waals surface area contributed by atoms with Gasteiger partial charge in [-0.05, 0) is 74.9 Å². The first-order chi connectivity index (χ1) is 17.4. The quantitative estimate of drug-likeness (QED) is 0.418. The first-order valence-electron chi connectivity index (χ1n) is 12.0. The largest absolute Gasteiger partial charge is 1.00 e. The number of ether oxygens (including phenoxy) is 2. The van der Waals surface area contributed by atoms with Crippen LogP contribution in [0.15, 0.2) is 53.5 Å². The summed E-state index contributed by atoms with van der Waals surface area (Å²) in [6.45, 7) is 4.34. The Labute approximate surface area is 248 Å². The average Bonchev–Trinajstić information content (AvgIpc) is 3.58. The van der Waals surface area contributed by atoms with Crippen LogP contribution in [0.5, 0.6) is 0 Å². The van der Waals surface area contributed by atoms with Crippen molar-refractivity contribution >= 4 is 26.1 Å². The number of aliphatic hydroxyl groups is 1. The molecule has 201 valence electrons. The number of aliphatic hydroxyl groups excluding tert-OH is 1. The first-order valence-corrected chi connectivity index (χ1v) is 12.0. The molecule has 2 aliphatic rings. The van der Waals surface area contributed by atoms with E-state index >= 15 is 0 Å². The van der Waals surface area contributed by atoms with E-state index in [2.05, 4.69) is 10.3 Å². The number of hydrogen-bond donors (Lipinski definition) is 2. The van der Waals surface area contributed by atoms with Gasteiger partial charge in [-0.2, -0.15) is 0 Å². The van der Waals surface area contributed by atoms with Crippen LogP contribution in [0.25, 0.3) is 0 Å². The summed E-state index contributed by atoms with van der Waals surface area (Å²) in [5.41, 5.74) is 2.74. The predicted octanol–water partition coefficient (Wildman–Crippen LogP) is 0.866. The second kappa shape index (κ2) is 19.0. The Kier molecular flexibility index (Phi) is 18.0. The van der Waals surface area contributed by atoms with Crippen molar-refractivity contribution in [2.24, 2.45) is 4.99 Å². The summed E-state index contributed by atoms with van der Waals surface area (Å²) < 4.78 is 35.4. The molecule has 1 saturated heterocycles. The number of aliphatic imine (C=N–C) groups is 1. The minimum absolute atomic E-state index is 0. The summed E-state index contributed by atoms with van der Waals surface area (Å²) in [6.07, 6.45) is 3.04. The van der Waals surface area contributed by atoms with Crippen LogP contribution < -0.4 is 34.9 Å². The molecule has 3 atom stereocenters. The number of benzene rings is 2. The van der Waals surface area contributed by atoms with Crippen LogP contribution in [-0.4, -0.2) is 63.6 Å². The molecular formula is C27H35BF2N2NaO5. The maximum absolute atomic E-state index is 12.8. The van der Waals surface area contributed by atoms with Crippen molar-refractivity contribution in [3.05, 3.63) is 71.3 Å². The Morgan fingerprint density at radius 2 is 1.45 bits per heavy atom. The summed E-state index contributed by atoms with van der Waals surface area (Å²) in [5, 5.41) is 10.2. The summed E-state index contributed by atoms with van der Waals surface area (Å²) in [6, 6.07) is 12.0. The third-order valence-electron chi connectivity index (χ3n) is 5.69. The maximum atomic E-state index is 12.8. The number of carbonyl (C=O) groups is 2. The van der Waals surface area contributed by atoms with Crippen molar-refractivity contribution in [2.75, 3.05) is 20.3 Å². The molecule has 3 radical (unpaired) electrons. The standard InChI is InChI=1S/C13H16FNO2.C13H14FNO2.CH4O.B.Na.H/c2*1-2-17-13(16)12-8-7-11(15-12)9-3-5-10(14)6-4-9;1-2;;;/h3-6,11-12,15H,2,7-8H2,1H3;3-6,12H,2,7-8H2,1H3;2H,1H3;;;/q;;;;+1;-1/t11?,12-;12-;;;;/m11..../s1. The second-order valence-electron chi connectivity index (χ2n) is 8.04. The molecule has 11 heteroatoms. The van der Waals surface area contributed by atoms with Gasteiger partial charge in [0.2, 0.25) is 0 Å². The van der Waals surface area contributed by atoms with Crippen molar-refractivity contribution < 1.29 is 63.9 Å². The van der Waals surface area contributed by atoms with Crippen LogP contribution in [0.3, 0.4) is 0 Å². The van der Waals surface area contributed by atoms with Crippen molar-refractivity contribution in [2.45, 2.75) is 57.7 Å². The van der Waals surface area contributed by atoms with Crippen LogP contribution in [-0.2, 0) is 19.1 Å². The number of esters is 2. The van der Waals surface area contributed by atoms with Gasteiger partial charge in [0.1, 0.15) is 23.7 Å². The van der Waals surface area contributed by atoms with Crippen LogP contribution >= 0.6 is 0 Å². The third kappa shape index (κ3) is 10.9. The zero-order chi connectivity index (χ0) is 26.5. The first kappa shape index (κ1) is 35.9. The number of carbonyl (C=O) groups excluding carboxylic acids is 2. The number of rotatable bonds is 6. The molecule has 7 nitrogen and oxygen atoms in total. The average molecular weight is 539 g/mol. The molecule has 2 N–H and O–H groups in total. The molecule has 0 saturated carbocycles. The molecule has 1 fully saturated rings. The summed E-state index contributed by atoms with van der Waals surface area (Å²) in [4.78, 5) is 27.3. The molecule has 38 heavy (non-hydrogen) atoms.